The zero-order chi connectivity index (χ0) is 27.0. The molecule has 0 aromatic heterocycles. The molecule has 0 bridgehead atoms. The average Bonchev–Trinajstić information content (AvgIpc) is 2.86. The van der Waals surface area contributed by atoms with Crippen molar-refractivity contribution in [1.29, 1.82) is 0 Å². The molecule has 0 saturated carbocycles. The van der Waals surface area contributed by atoms with Crippen LogP contribution in [0.3, 0.4) is 0 Å². The Morgan fingerprint density at radius 2 is 1.76 bits per heavy atom. The zero-order valence-electron chi connectivity index (χ0n) is 23.4. The molecule has 2 N–H and O–H groups in total. The molecule has 4 heteroatoms. The summed E-state index contributed by atoms with van der Waals surface area (Å²) in [6.45, 7) is 0.572. The highest BCUT2D eigenvalue weighted by Gasteiger charge is 2.30. The van der Waals surface area contributed by atoms with Gasteiger partial charge in [0.05, 0.1) is 0 Å². The maximum Gasteiger partial charge on any atom is 0.150 e. The van der Waals surface area contributed by atoms with Gasteiger partial charge in [-0.25, -0.2) is 0 Å². The third-order valence-corrected chi connectivity index (χ3v) is 6.32. The van der Waals surface area contributed by atoms with Gasteiger partial charge in [0.1, 0.15) is 23.4 Å². The summed E-state index contributed by atoms with van der Waals surface area (Å²) in [6.07, 6.45) is -0.292. The number of phenolic OH excluding ortho intramolecular Hbond substituents is 2. The Labute approximate surface area is 202 Å². The third-order valence-electron chi connectivity index (χ3n) is 6.32. The van der Waals surface area contributed by atoms with E-state index in [1.807, 2.05) is 24.3 Å². The predicted octanol–water partition coefficient (Wildman–Crippen LogP) is 6.05. The number of likely N-dealkylation sites (tertiary alicyclic amines) is 1. The van der Waals surface area contributed by atoms with Crippen LogP contribution in [0.15, 0.2) is 66.7 Å². The molecule has 0 amide bonds. The average molecular weight is 447 g/mol. The van der Waals surface area contributed by atoms with Crippen molar-refractivity contribution in [3.63, 3.8) is 0 Å². The van der Waals surface area contributed by atoms with Crippen LogP contribution >= 0.6 is 0 Å². The number of hydrogen-bond acceptors (Lipinski definition) is 4. The molecule has 3 aromatic carbocycles. The van der Waals surface area contributed by atoms with Crippen LogP contribution in [0.25, 0.3) is 11.1 Å². The van der Waals surface area contributed by atoms with Gasteiger partial charge < -0.3 is 19.8 Å². The van der Waals surface area contributed by atoms with E-state index in [-0.39, 0.29) is 35.1 Å². The molecule has 4 nitrogen and oxygen atoms in total. The van der Waals surface area contributed by atoms with Gasteiger partial charge in [0.2, 0.25) is 0 Å². The second kappa shape index (κ2) is 8.95. The van der Waals surface area contributed by atoms with Gasteiger partial charge in [0.25, 0.3) is 0 Å². The molecular weight excluding hydrogens is 410 g/mol. The van der Waals surface area contributed by atoms with Crippen molar-refractivity contribution in [3.05, 3.63) is 89.0 Å². The quantitative estimate of drug-likeness (QED) is 0.484. The third kappa shape index (κ3) is 4.36. The minimum Gasteiger partial charge on any atom is -0.508 e. The standard InChI is InChI=1S/C29H31NO3/c1-3-14-30-17-21(18-30)15-20-4-6-23(7-5-20)29-28(22-8-10-24(31)11-9-22)19(2)26-13-12-25(32)16-27(26)33-29/h4-13,16,21,29,31-32H,3,14-15,17-18H2,1-2H3/i1D,2D3,15D. The normalized spacial score (nSPS) is 22.1. The van der Waals surface area contributed by atoms with Crippen LogP contribution in [0.1, 0.15) is 55.4 Å². The Bertz CT molecular complexity index is 1320. The molecule has 3 aromatic rings. The molecule has 170 valence electrons. The van der Waals surface area contributed by atoms with E-state index in [4.69, 9.17) is 11.6 Å². The maximum atomic E-state index is 10.1. The number of allylic oxidation sites excluding steroid dienone is 1. The number of fused-ring (bicyclic) bond motifs is 1. The summed E-state index contributed by atoms with van der Waals surface area (Å²) >= 11 is 0. The van der Waals surface area contributed by atoms with Gasteiger partial charge in [-0.2, -0.15) is 0 Å². The molecule has 1 saturated heterocycles. The Morgan fingerprint density at radius 3 is 2.48 bits per heavy atom. The Balaban J connectivity index is 1.51. The minimum atomic E-state index is -2.47. The zero-order valence-corrected chi connectivity index (χ0v) is 18.4. The van der Waals surface area contributed by atoms with E-state index in [1.165, 1.54) is 24.3 Å². The molecule has 1 fully saturated rings. The van der Waals surface area contributed by atoms with Gasteiger partial charge in [-0.05, 0) is 78.7 Å². The second-order valence-electron chi connectivity index (χ2n) is 8.72. The van der Waals surface area contributed by atoms with Crippen LogP contribution in [-0.2, 0) is 6.40 Å². The fraction of sp³-hybridized carbons (Fsp3) is 0.310. The Kier molecular flexibility index (Phi) is 4.44. The van der Waals surface area contributed by atoms with Gasteiger partial charge >= 0.3 is 0 Å². The van der Waals surface area contributed by atoms with Crippen LogP contribution in [0.4, 0.5) is 0 Å². The summed E-state index contributed by atoms with van der Waals surface area (Å²) in [5, 5.41) is 19.9. The van der Waals surface area contributed by atoms with Gasteiger partial charge in [-0.3, -0.25) is 0 Å². The van der Waals surface area contributed by atoms with E-state index >= 15 is 0 Å². The van der Waals surface area contributed by atoms with Crippen LogP contribution < -0.4 is 4.74 Å². The summed E-state index contributed by atoms with van der Waals surface area (Å²) in [7, 11) is 0. The number of phenols is 2. The number of benzene rings is 3. The highest BCUT2D eigenvalue weighted by Crippen LogP contribution is 2.47. The van der Waals surface area contributed by atoms with Crippen LogP contribution in [0, 0.1) is 5.92 Å². The second-order valence-corrected chi connectivity index (χ2v) is 8.72. The van der Waals surface area contributed by atoms with Crippen LogP contribution in [-0.4, -0.2) is 34.7 Å². The molecule has 5 rings (SSSR count). The minimum absolute atomic E-state index is 0.0230. The van der Waals surface area contributed by atoms with Crippen LogP contribution in [0.2, 0.25) is 0 Å². The summed E-state index contributed by atoms with van der Waals surface area (Å²) in [6, 6.07) is 18.4. The van der Waals surface area contributed by atoms with Crippen molar-refractivity contribution in [2.45, 2.75) is 32.7 Å². The molecular formula is C29H31NO3. The first-order chi connectivity index (χ1) is 18.2. The molecule has 2 aliphatic heterocycles. The van der Waals surface area contributed by atoms with Gasteiger partial charge in [0, 0.05) is 37.1 Å². The molecule has 0 radical (unpaired) electrons. The van der Waals surface area contributed by atoms with E-state index in [9.17, 15) is 10.2 Å². The lowest BCUT2D eigenvalue weighted by Crippen LogP contribution is -2.47. The number of ether oxygens (including phenoxy) is 1. The van der Waals surface area contributed by atoms with E-state index in [2.05, 4.69) is 4.90 Å². The van der Waals surface area contributed by atoms with Crippen molar-refractivity contribution in [2.75, 3.05) is 19.6 Å². The van der Waals surface area contributed by atoms with Crippen LogP contribution in [0.5, 0.6) is 17.2 Å². The molecule has 2 unspecified atom stereocenters. The number of hydrogen-bond donors (Lipinski definition) is 2. The lowest BCUT2D eigenvalue weighted by Gasteiger charge is -2.39. The van der Waals surface area contributed by atoms with Crippen molar-refractivity contribution in [3.8, 4) is 17.2 Å². The van der Waals surface area contributed by atoms with E-state index < -0.39 is 13.0 Å². The topological polar surface area (TPSA) is 52.9 Å². The monoisotopic (exact) mass is 446 g/mol. The van der Waals surface area contributed by atoms with Crippen molar-refractivity contribution >= 4 is 11.1 Å². The highest BCUT2D eigenvalue weighted by atomic mass is 16.5. The predicted molar refractivity (Wildman–Crippen MR) is 132 cm³/mol. The van der Waals surface area contributed by atoms with Crippen molar-refractivity contribution in [2.24, 2.45) is 5.92 Å². The molecule has 2 atom stereocenters. The smallest absolute Gasteiger partial charge is 0.150 e. The maximum absolute atomic E-state index is 10.1. The number of nitrogens with zero attached hydrogens (tertiary/aromatic N) is 1. The molecule has 0 aliphatic carbocycles. The summed E-state index contributed by atoms with van der Waals surface area (Å²) in [5.41, 5.74) is 3.23. The Morgan fingerprint density at radius 1 is 1.00 bits per heavy atom. The first kappa shape index (κ1) is 16.4. The summed E-state index contributed by atoms with van der Waals surface area (Å²) in [5.74, 6) is 0.573. The van der Waals surface area contributed by atoms with Gasteiger partial charge in [0.15, 0.2) is 0 Å². The van der Waals surface area contributed by atoms with Gasteiger partial charge in [-0.1, -0.05) is 43.3 Å². The van der Waals surface area contributed by atoms with E-state index in [0.29, 0.717) is 23.6 Å². The van der Waals surface area contributed by atoms with E-state index in [0.717, 1.165) is 37.2 Å². The van der Waals surface area contributed by atoms with Crippen molar-refractivity contribution < 1.29 is 21.8 Å². The van der Waals surface area contributed by atoms with Crippen molar-refractivity contribution in [1.82, 2.24) is 4.90 Å². The highest BCUT2D eigenvalue weighted by molar-refractivity contribution is 5.95. The molecule has 33 heavy (non-hydrogen) atoms. The summed E-state index contributed by atoms with van der Waals surface area (Å²) < 4.78 is 47.6. The first-order valence-electron chi connectivity index (χ1n) is 14.0. The van der Waals surface area contributed by atoms with Gasteiger partial charge in [-0.15, -0.1) is 0 Å². The fourth-order valence-electron chi connectivity index (χ4n) is 4.62. The number of rotatable bonds is 6. The lowest BCUT2D eigenvalue weighted by atomic mass is 9.85. The fourth-order valence-corrected chi connectivity index (χ4v) is 4.62. The molecule has 0 spiro atoms. The molecule has 2 aliphatic rings. The number of aromatic hydroxyl groups is 2. The summed E-state index contributed by atoms with van der Waals surface area (Å²) in [4.78, 5) is 2.28. The molecule has 2 heterocycles. The Hall–Kier alpha value is -3.24. The SMILES string of the molecule is [2H]CCCN1CC(C([2H])c2ccc(C3Oc4cc(O)ccc4C(C([2H])([2H])[2H])=C3c3ccc(O)cc3)cc2)C1. The lowest BCUT2D eigenvalue weighted by molar-refractivity contribution is 0.101. The first-order valence-corrected chi connectivity index (χ1v) is 11.2. The largest absolute Gasteiger partial charge is 0.508 e. The van der Waals surface area contributed by atoms with E-state index in [1.54, 1.807) is 18.2 Å².